The Morgan fingerprint density at radius 3 is 2.10 bits per heavy atom. The summed E-state index contributed by atoms with van der Waals surface area (Å²) >= 11 is 0. The van der Waals surface area contributed by atoms with E-state index in [1.54, 1.807) is 24.1 Å². The van der Waals surface area contributed by atoms with Crippen LogP contribution in [0, 0.1) is 5.82 Å². The number of rotatable bonds is 9. The van der Waals surface area contributed by atoms with E-state index in [9.17, 15) is 14.0 Å². The Balaban J connectivity index is 2.14. The summed E-state index contributed by atoms with van der Waals surface area (Å²) in [5.74, 6) is -0.133. The van der Waals surface area contributed by atoms with Gasteiger partial charge in [0.2, 0.25) is 11.8 Å². The third-order valence-corrected chi connectivity index (χ3v) is 5.17. The van der Waals surface area contributed by atoms with Gasteiger partial charge in [0.15, 0.2) is 0 Å². The van der Waals surface area contributed by atoms with Crippen LogP contribution in [0.4, 0.5) is 4.39 Å². The van der Waals surface area contributed by atoms with Gasteiger partial charge in [-0.2, -0.15) is 0 Å². The van der Waals surface area contributed by atoms with E-state index in [0.717, 1.165) is 11.1 Å². The van der Waals surface area contributed by atoms with Crippen molar-refractivity contribution in [1.82, 2.24) is 10.2 Å². The maximum absolute atomic E-state index is 13.2. The molecule has 0 aliphatic heterocycles. The van der Waals surface area contributed by atoms with Gasteiger partial charge in [-0.3, -0.25) is 9.59 Å². The van der Waals surface area contributed by atoms with Gasteiger partial charge in [0.05, 0.1) is 0 Å². The van der Waals surface area contributed by atoms with Crippen molar-refractivity contribution >= 4 is 11.8 Å². The molecule has 0 saturated heterocycles. The standard InChI is InChI=1S/C24H31FN2O2/c1-5-22(24(29)26-4)27(16-19-8-13-21(25)14-9-19)23(28)15-10-18-6-11-20(12-7-18)17(2)3/h6-9,11-14,17,22H,5,10,15-16H2,1-4H3,(H,26,29). The topological polar surface area (TPSA) is 49.4 Å². The van der Waals surface area contributed by atoms with E-state index in [-0.39, 0.29) is 24.2 Å². The lowest BCUT2D eigenvalue weighted by molar-refractivity contribution is -0.141. The van der Waals surface area contributed by atoms with Crippen LogP contribution >= 0.6 is 0 Å². The molecule has 2 aromatic carbocycles. The van der Waals surface area contributed by atoms with E-state index in [2.05, 4.69) is 43.4 Å². The van der Waals surface area contributed by atoms with Crippen molar-refractivity contribution in [2.75, 3.05) is 7.05 Å². The third kappa shape index (κ3) is 6.41. The number of aryl methyl sites for hydroxylation is 1. The fraction of sp³-hybridized carbons (Fsp3) is 0.417. The smallest absolute Gasteiger partial charge is 0.242 e. The molecule has 0 aliphatic rings. The van der Waals surface area contributed by atoms with Gasteiger partial charge in [-0.1, -0.05) is 57.2 Å². The molecule has 0 radical (unpaired) electrons. The molecule has 0 fully saturated rings. The summed E-state index contributed by atoms with van der Waals surface area (Å²) < 4.78 is 13.2. The number of hydrogen-bond donors (Lipinski definition) is 1. The number of hydrogen-bond acceptors (Lipinski definition) is 2. The first-order valence-electron chi connectivity index (χ1n) is 10.2. The molecular weight excluding hydrogens is 367 g/mol. The quantitative estimate of drug-likeness (QED) is 0.679. The molecule has 29 heavy (non-hydrogen) atoms. The summed E-state index contributed by atoms with van der Waals surface area (Å²) in [4.78, 5) is 27.0. The molecule has 0 aliphatic carbocycles. The normalized spacial score (nSPS) is 11.9. The molecule has 0 spiro atoms. The maximum atomic E-state index is 13.2. The van der Waals surface area contributed by atoms with Gasteiger partial charge in [-0.15, -0.1) is 0 Å². The summed E-state index contributed by atoms with van der Waals surface area (Å²) in [6.45, 7) is 6.46. The number of nitrogens with zero attached hydrogens (tertiary/aromatic N) is 1. The molecule has 156 valence electrons. The summed E-state index contributed by atoms with van der Waals surface area (Å²) in [6.07, 6.45) is 1.44. The Kier molecular flexibility index (Phi) is 8.37. The van der Waals surface area contributed by atoms with Gasteiger partial charge in [0.1, 0.15) is 11.9 Å². The van der Waals surface area contributed by atoms with E-state index in [4.69, 9.17) is 0 Å². The monoisotopic (exact) mass is 398 g/mol. The molecule has 4 nitrogen and oxygen atoms in total. The first-order valence-corrected chi connectivity index (χ1v) is 10.2. The summed E-state index contributed by atoms with van der Waals surface area (Å²) in [6, 6.07) is 13.8. The Labute approximate surface area is 173 Å². The minimum atomic E-state index is -0.555. The second-order valence-corrected chi connectivity index (χ2v) is 7.58. The molecule has 1 unspecified atom stereocenters. The number of likely N-dealkylation sites (N-methyl/N-ethyl adjacent to an activating group) is 1. The first kappa shape index (κ1) is 22.6. The van der Waals surface area contributed by atoms with E-state index in [1.807, 2.05) is 6.92 Å². The minimum absolute atomic E-state index is 0.0855. The fourth-order valence-electron chi connectivity index (χ4n) is 3.34. The van der Waals surface area contributed by atoms with Crippen molar-refractivity contribution in [1.29, 1.82) is 0 Å². The minimum Gasteiger partial charge on any atom is -0.357 e. The number of nitrogens with one attached hydrogen (secondary N) is 1. The largest absolute Gasteiger partial charge is 0.357 e. The molecule has 1 atom stereocenters. The van der Waals surface area contributed by atoms with Crippen molar-refractivity contribution in [3.63, 3.8) is 0 Å². The van der Waals surface area contributed by atoms with Crippen molar-refractivity contribution in [2.45, 2.75) is 58.5 Å². The zero-order valence-electron chi connectivity index (χ0n) is 17.7. The second-order valence-electron chi connectivity index (χ2n) is 7.58. The molecule has 1 N–H and O–H groups in total. The molecule has 2 amide bonds. The number of amides is 2. The molecule has 0 aromatic heterocycles. The van der Waals surface area contributed by atoms with Crippen molar-refractivity contribution in [3.05, 3.63) is 71.0 Å². The lowest BCUT2D eigenvalue weighted by Gasteiger charge is -2.30. The zero-order chi connectivity index (χ0) is 21.4. The number of benzene rings is 2. The van der Waals surface area contributed by atoms with Gasteiger partial charge in [-0.25, -0.2) is 4.39 Å². The Morgan fingerprint density at radius 2 is 1.59 bits per heavy atom. The Hall–Kier alpha value is -2.69. The van der Waals surface area contributed by atoms with Gasteiger partial charge in [0.25, 0.3) is 0 Å². The number of carbonyl (C=O) groups excluding carboxylic acids is 2. The van der Waals surface area contributed by atoms with Crippen molar-refractivity contribution in [3.8, 4) is 0 Å². The Bertz CT molecular complexity index is 801. The van der Waals surface area contributed by atoms with Crippen LogP contribution < -0.4 is 5.32 Å². The van der Waals surface area contributed by atoms with Crippen LogP contribution in [0.15, 0.2) is 48.5 Å². The average molecular weight is 399 g/mol. The van der Waals surface area contributed by atoms with Crippen LogP contribution in [0.25, 0.3) is 0 Å². The highest BCUT2D eigenvalue weighted by Crippen LogP contribution is 2.18. The van der Waals surface area contributed by atoms with Crippen molar-refractivity contribution in [2.24, 2.45) is 0 Å². The average Bonchev–Trinajstić information content (AvgIpc) is 2.73. The fourth-order valence-corrected chi connectivity index (χ4v) is 3.34. The molecule has 0 bridgehead atoms. The highest BCUT2D eigenvalue weighted by Gasteiger charge is 2.27. The van der Waals surface area contributed by atoms with Crippen molar-refractivity contribution < 1.29 is 14.0 Å². The molecular formula is C24H31FN2O2. The Morgan fingerprint density at radius 1 is 1.00 bits per heavy atom. The van der Waals surface area contributed by atoms with E-state index >= 15 is 0 Å². The second kappa shape index (κ2) is 10.7. The van der Waals surface area contributed by atoms with E-state index in [0.29, 0.717) is 25.2 Å². The maximum Gasteiger partial charge on any atom is 0.242 e. The van der Waals surface area contributed by atoms with Crippen LogP contribution in [-0.2, 0) is 22.6 Å². The summed E-state index contributed by atoms with van der Waals surface area (Å²) in [5.41, 5.74) is 3.16. The lowest BCUT2D eigenvalue weighted by Crippen LogP contribution is -2.48. The lowest BCUT2D eigenvalue weighted by atomic mass is 10.00. The summed E-state index contributed by atoms with van der Waals surface area (Å²) in [7, 11) is 1.57. The third-order valence-electron chi connectivity index (χ3n) is 5.17. The first-order chi connectivity index (χ1) is 13.8. The SMILES string of the molecule is CCC(C(=O)NC)N(Cc1ccc(F)cc1)C(=O)CCc1ccc(C(C)C)cc1. The van der Waals surface area contributed by atoms with Crippen LogP contribution in [0.2, 0.25) is 0 Å². The zero-order valence-corrected chi connectivity index (χ0v) is 17.7. The number of carbonyl (C=O) groups is 2. The van der Waals surface area contributed by atoms with E-state index in [1.165, 1.54) is 17.7 Å². The molecule has 2 aromatic rings. The van der Waals surface area contributed by atoms with Gasteiger partial charge < -0.3 is 10.2 Å². The number of halogens is 1. The predicted molar refractivity (Wildman–Crippen MR) is 114 cm³/mol. The van der Waals surface area contributed by atoms with E-state index < -0.39 is 6.04 Å². The highest BCUT2D eigenvalue weighted by molar-refractivity contribution is 5.87. The van der Waals surface area contributed by atoms with Crippen LogP contribution in [-0.4, -0.2) is 29.8 Å². The van der Waals surface area contributed by atoms with Gasteiger partial charge >= 0.3 is 0 Å². The molecule has 5 heteroatoms. The molecule has 0 saturated carbocycles. The van der Waals surface area contributed by atoms with Crippen LogP contribution in [0.5, 0.6) is 0 Å². The van der Waals surface area contributed by atoms with Gasteiger partial charge in [-0.05, 0) is 47.6 Å². The summed E-state index contributed by atoms with van der Waals surface area (Å²) in [5, 5.41) is 2.64. The van der Waals surface area contributed by atoms with Crippen LogP contribution in [0.1, 0.15) is 56.2 Å². The van der Waals surface area contributed by atoms with Crippen LogP contribution in [0.3, 0.4) is 0 Å². The van der Waals surface area contributed by atoms with Gasteiger partial charge in [0, 0.05) is 20.0 Å². The predicted octanol–water partition coefficient (Wildman–Crippen LogP) is 4.44. The molecule has 0 heterocycles. The molecule has 2 rings (SSSR count). The highest BCUT2D eigenvalue weighted by atomic mass is 19.1.